The average molecular weight is 305 g/mol. The van der Waals surface area contributed by atoms with Gasteiger partial charge >= 0.3 is 0 Å². The van der Waals surface area contributed by atoms with Gasteiger partial charge in [-0.05, 0) is 38.3 Å². The van der Waals surface area contributed by atoms with E-state index in [2.05, 4.69) is 10.0 Å². The Morgan fingerprint density at radius 1 is 1.15 bits per heavy atom. The van der Waals surface area contributed by atoms with Crippen LogP contribution in [0.3, 0.4) is 0 Å². The highest BCUT2D eigenvalue weighted by Gasteiger charge is 2.17. The second-order valence-electron chi connectivity index (χ2n) is 5.72. The lowest BCUT2D eigenvalue weighted by molar-refractivity contribution is 0.439. The van der Waals surface area contributed by atoms with Crippen molar-refractivity contribution in [3.8, 4) is 0 Å². The van der Waals surface area contributed by atoms with Gasteiger partial charge in [-0.3, -0.25) is 0 Å². The van der Waals surface area contributed by atoms with Gasteiger partial charge in [0.15, 0.2) is 0 Å². The van der Waals surface area contributed by atoms with Crippen LogP contribution < -0.4 is 10.0 Å². The fraction of sp³-hybridized carbons (Fsp3) is 1.00. The lowest BCUT2D eigenvalue weighted by atomic mass is 10.0. The zero-order valence-corrected chi connectivity index (χ0v) is 13.8. The minimum absolute atomic E-state index is 0.560. The predicted octanol–water partition coefficient (Wildman–Crippen LogP) is 1.72. The summed E-state index contributed by atoms with van der Waals surface area (Å²) in [6.07, 6.45) is 8.32. The van der Waals surface area contributed by atoms with Gasteiger partial charge in [-0.1, -0.05) is 32.6 Å². The molecule has 0 heterocycles. The van der Waals surface area contributed by atoms with E-state index in [0.29, 0.717) is 13.1 Å². The van der Waals surface area contributed by atoms with Crippen molar-refractivity contribution in [2.75, 3.05) is 33.2 Å². The van der Waals surface area contributed by atoms with Gasteiger partial charge in [-0.25, -0.2) is 4.72 Å². The number of nitrogens with zero attached hydrogens (tertiary/aromatic N) is 1. The second-order valence-corrected chi connectivity index (χ2v) is 7.58. The van der Waals surface area contributed by atoms with Crippen molar-refractivity contribution in [2.24, 2.45) is 5.92 Å². The molecule has 6 heteroatoms. The van der Waals surface area contributed by atoms with Crippen LogP contribution in [0.2, 0.25) is 0 Å². The van der Waals surface area contributed by atoms with E-state index in [0.717, 1.165) is 38.3 Å². The quantitative estimate of drug-likeness (QED) is 0.571. The first kappa shape index (κ1) is 17.9. The van der Waals surface area contributed by atoms with Crippen molar-refractivity contribution in [1.29, 1.82) is 0 Å². The fourth-order valence-corrected chi connectivity index (χ4v) is 3.72. The average Bonchev–Trinajstić information content (AvgIpc) is 2.92. The minimum atomic E-state index is -3.29. The van der Waals surface area contributed by atoms with Crippen molar-refractivity contribution < 1.29 is 8.42 Å². The van der Waals surface area contributed by atoms with Crippen LogP contribution in [0.4, 0.5) is 0 Å². The summed E-state index contributed by atoms with van der Waals surface area (Å²) >= 11 is 0. The molecule has 0 bridgehead atoms. The third kappa shape index (κ3) is 7.02. The molecule has 0 atom stereocenters. The summed E-state index contributed by atoms with van der Waals surface area (Å²) in [5.41, 5.74) is 0. The molecule has 0 radical (unpaired) electrons. The summed E-state index contributed by atoms with van der Waals surface area (Å²) in [6.45, 7) is 4.96. The third-order valence-corrected chi connectivity index (χ3v) is 5.61. The normalized spacial score (nSPS) is 17.1. The molecule has 0 spiro atoms. The van der Waals surface area contributed by atoms with Crippen molar-refractivity contribution in [3.05, 3.63) is 0 Å². The highest BCUT2D eigenvalue weighted by atomic mass is 32.2. The van der Waals surface area contributed by atoms with Crippen LogP contribution in [-0.4, -0.2) is 45.9 Å². The molecule has 1 rings (SSSR count). The number of hydrogen-bond donors (Lipinski definition) is 2. The first-order valence-corrected chi connectivity index (χ1v) is 9.42. The Balaban J connectivity index is 2.12. The maximum absolute atomic E-state index is 12.0. The molecule has 20 heavy (non-hydrogen) atoms. The highest BCUT2D eigenvalue weighted by molar-refractivity contribution is 7.87. The van der Waals surface area contributed by atoms with Gasteiger partial charge < -0.3 is 5.32 Å². The van der Waals surface area contributed by atoms with E-state index >= 15 is 0 Å². The largest absolute Gasteiger partial charge is 0.317 e. The monoisotopic (exact) mass is 305 g/mol. The molecule has 2 N–H and O–H groups in total. The zero-order valence-electron chi connectivity index (χ0n) is 13.0. The van der Waals surface area contributed by atoms with E-state index in [4.69, 9.17) is 0 Å². The Bertz CT molecular complexity index is 340. The Morgan fingerprint density at radius 3 is 2.50 bits per heavy atom. The van der Waals surface area contributed by atoms with Gasteiger partial charge in [0.2, 0.25) is 0 Å². The predicted molar refractivity (Wildman–Crippen MR) is 83.9 cm³/mol. The van der Waals surface area contributed by atoms with Gasteiger partial charge in [0, 0.05) is 20.1 Å². The molecule has 0 aromatic carbocycles. The first-order valence-electron chi connectivity index (χ1n) is 7.98. The molecule has 0 saturated heterocycles. The Kier molecular flexibility index (Phi) is 8.68. The SMILES string of the molecule is CCNCCCN(C)S(=O)(=O)NCCCC1CCCC1. The van der Waals surface area contributed by atoms with Crippen molar-refractivity contribution in [1.82, 2.24) is 14.3 Å². The molecule has 0 aromatic heterocycles. The molecule has 120 valence electrons. The summed E-state index contributed by atoms with van der Waals surface area (Å²) in [5.74, 6) is 0.831. The molecule has 0 unspecified atom stereocenters. The van der Waals surface area contributed by atoms with Gasteiger partial charge in [0.25, 0.3) is 10.2 Å². The summed E-state index contributed by atoms with van der Waals surface area (Å²) in [6, 6.07) is 0. The number of hydrogen-bond acceptors (Lipinski definition) is 3. The fourth-order valence-electron chi connectivity index (χ4n) is 2.72. The van der Waals surface area contributed by atoms with Crippen molar-refractivity contribution in [2.45, 2.75) is 51.9 Å². The second kappa shape index (κ2) is 9.71. The van der Waals surface area contributed by atoms with E-state index in [1.165, 1.54) is 30.0 Å². The molecular weight excluding hydrogens is 274 g/mol. The first-order chi connectivity index (χ1) is 9.56. The van der Waals surface area contributed by atoms with E-state index in [-0.39, 0.29) is 0 Å². The molecule has 0 amide bonds. The Labute approximate surface area is 124 Å². The van der Waals surface area contributed by atoms with Crippen LogP contribution in [-0.2, 0) is 10.2 Å². The Hall–Kier alpha value is -0.170. The van der Waals surface area contributed by atoms with Crippen LogP contribution >= 0.6 is 0 Å². The van der Waals surface area contributed by atoms with Crippen molar-refractivity contribution >= 4 is 10.2 Å². The summed E-state index contributed by atoms with van der Waals surface area (Å²) in [7, 11) is -1.64. The zero-order chi connectivity index (χ0) is 14.8. The van der Waals surface area contributed by atoms with Crippen LogP contribution in [0.15, 0.2) is 0 Å². The molecule has 5 nitrogen and oxygen atoms in total. The van der Waals surface area contributed by atoms with Crippen molar-refractivity contribution in [3.63, 3.8) is 0 Å². The van der Waals surface area contributed by atoms with Crippen LogP contribution in [0, 0.1) is 5.92 Å². The van der Waals surface area contributed by atoms with Crippen LogP contribution in [0.1, 0.15) is 51.9 Å². The lowest BCUT2D eigenvalue weighted by Crippen LogP contribution is -2.39. The van der Waals surface area contributed by atoms with E-state index in [1.54, 1.807) is 7.05 Å². The maximum atomic E-state index is 12.0. The van der Waals surface area contributed by atoms with Crippen LogP contribution in [0.25, 0.3) is 0 Å². The molecule has 0 aliphatic heterocycles. The number of nitrogens with one attached hydrogen (secondary N) is 2. The smallest absolute Gasteiger partial charge is 0.279 e. The van der Waals surface area contributed by atoms with Gasteiger partial charge in [-0.2, -0.15) is 12.7 Å². The molecule has 0 aromatic rings. The highest BCUT2D eigenvalue weighted by Crippen LogP contribution is 2.28. The van der Waals surface area contributed by atoms with E-state index in [1.807, 2.05) is 6.92 Å². The van der Waals surface area contributed by atoms with Gasteiger partial charge in [0.1, 0.15) is 0 Å². The topological polar surface area (TPSA) is 61.4 Å². The molecule has 1 aliphatic rings. The minimum Gasteiger partial charge on any atom is -0.317 e. The molecule has 1 fully saturated rings. The standard InChI is InChI=1S/C14H31N3O2S/c1-3-15-11-7-13-17(2)20(18,19)16-12-6-10-14-8-4-5-9-14/h14-16H,3-13H2,1-2H3. The third-order valence-electron chi connectivity index (χ3n) is 4.04. The van der Waals surface area contributed by atoms with Gasteiger partial charge in [-0.15, -0.1) is 0 Å². The summed E-state index contributed by atoms with van der Waals surface area (Å²) < 4.78 is 28.1. The van der Waals surface area contributed by atoms with E-state index in [9.17, 15) is 8.42 Å². The molecule has 1 saturated carbocycles. The lowest BCUT2D eigenvalue weighted by Gasteiger charge is -2.18. The molecular formula is C14H31N3O2S. The maximum Gasteiger partial charge on any atom is 0.279 e. The van der Waals surface area contributed by atoms with E-state index < -0.39 is 10.2 Å². The van der Waals surface area contributed by atoms with Gasteiger partial charge in [0.05, 0.1) is 0 Å². The van der Waals surface area contributed by atoms with Crippen LogP contribution in [0.5, 0.6) is 0 Å². The number of rotatable bonds is 11. The molecule has 1 aliphatic carbocycles. The summed E-state index contributed by atoms with van der Waals surface area (Å²) in [4.78, 5) is 0. The summed E-state index contributed by atoms with van der Waals surface area (Å²) in [5, 5.41) is 3.20. The Morgan fingerprint density at radius 2 is 1.85 bits per heavy atom.